The van der Waals surface area contributed by atoms with Gasteiger partial charge in [-0.1, -0.05) is 0 Å². The average molecular weight is 318 g/mol. The fraction of sp³-hybridized carbons (Fsp3) is 0.308. The predicted octanol–water partition coefficient (Wildman–Crippen LogP) is 1.55. The highest BCUT2D eigenvalue weighted by Gasteiger charge is 2.09. The molecule has 0 saturated heterocycles. The summed E-state index contributed by atoms with van der Waals surface area (Å²) in [6.07, 6.45) is 3.30. The molecule has 0 saturated carbocycles. The highest BCUT2D eigenvalue weighted by atomic mass is 32.1. The third kappa shape index (κ3) is 3.19. The minimum absolute atomic E-state index is 0.0608. The van der Waals surface area contributed by atoms with Gasteiger partial charge in [-0.15, -0.1) is 26.6 Å². The summed E-state index contributed by atoms with van der Waals surface area (Å²) in [4.78, 5) is 15.8. The molecule has 3 aromatic rings. The van der Waals surface area contributed by atoms with E-state index in [9.17, 15) is 4.79 Å². The lowest BCUT2D eigenvalue weighted by Crippen LogP contribution is -2.11. The standard InChI is InChI=1S/C13H14N6O2S/c1-21-12-6-5-10-17-16-9(19(10)18-12)3-2-4-11(20)15-13-14-7-8-22-13/h5-8H,2-4H2,1H3,(H,14,15,20). The van der Waals surface area contributed by atoms with Crippen molar-refractivity contribution in [2.75, 3.05) is 12.4 Å². The highest BCUT2D eigenvalue weighted by Crippen LogP contribution is 2.12. The van der Waals surface area contributed by atoms with Gasteiger partial charge >= 0.3 is 0 Å². The summed E-state index contributed by atoms with van der Waals surface area (Å²) in [6, 6.07) is 3.52. The van der Waals surface area contributed by atoms with Crippen LogP contribution in [0.3, 0.4) is 0 Å². The van der Waals surface area contributed by atoms with E-state index >= 15 is 0 Å². The normalized spacial score (nSPS) is 10.8. The molecule has 0 spiro atoms. The molecule has 1 N–H and O–H groups in total. The van der Waals surface area contributed by atoms with Gasteiger partial charge in [0.05, 0.1) is 7.11 Å². The van der Waals surface area contributed by atoms with Crippen molar-refractivity contribution in [1.29, 1.82) is 0 Å². The number of aromatic nitrogens is 5. The fourth-order valence-electron chi connectivity index (χ4n) is 1.96. The number of anilines is 1. The molecular formula is C13H14N6O2S. The topological polar surface area (TPSA) is 94.3 Å². The molecule has 3 heterocycles. The molecule has 22 heavy (non-hydrogen) atoms. The van der Waals surface area contributed by atoms with Gasteiger partial charge in [0.2, 0.25) is 11.8 Å². The number of methoxy groups -OCH3 is 1. The zero-order chi connectivity index (χ0) is 15.4. The zero-order valence-electron chi connectivity index (χ0n) is 11.9. The number of carbonyl (C=O) groups is 1. The van der Waals surface area contributed by atoms with E-state index in [1.807, 2.05) is 5.38 Å². The number of ether oxygens (including phenoxy) is 1. The first-order chi connectivity index (χ1) is 10.8. The quantitative estimate of drug-likeness (QED) is 0.741. The molecule has 0 aliphatic heterocycles. The van der Waals surface area contributed by atoms with E-state index in [0.29, 0.717) is 41.7 Å². The number of thiazole rings is 1. The van der Waals surface area contributed by atoms with Crippen molar-refractivity contribution in [3.05, 3.63) is 29.5 Å². The van der Waals surface area contributed by atoms with Crippen LogP contribution in [0, 0.1) is 0 Å². The number of hydrogen-bond donors (Lipinski definition) is 1. The Kier molecular flexibility index (Phi) is 4.24. The molecular weight excluding hydrogens is 304 g/mol. The van der Waals surface area contributed by atoms with E-state index in [1.54, 1.807) is 30.0 Å². The van der Waals surface area contributed by atoms with E-state index in [2.05, 4.69) is 25.6 Å². The molecule has 8 nitrogen and oxygen atoms in total. The Morgan fingerprint density at radius 3 is 3.09 bits per heavy atom. The van der Waals surface area contributed by atoms with Crippen LogP contribution in [-0.2, 0) is 11.2 Å². The Morgan fingerprint density at radius 2 is 2.32 bits per heavy atom. The number of aryl methyl sites for hydroxylation is 1. The summed E-state index contributed by atoms with van der Waals surface area (Å²) < 4.78 is 6.73. The predicted molar refractivity (Wildman–Crippen MR) is 81.0 cm³/mol. The minimum atomic E-state index is -0.0608. The first kappa shape index (κ1) is 14.4. The maximum absolute atomic E-state index is 11.8. The lowest BCUT2D eigenvalue weighted by Gasteiger charge is -2.02. The number of amides is 1. The van der Waals surface area contributed by atoms with Gasteiger partial charge < -0.3 is 10.1 Å². The van der Waals surface area contributed by atoms with Gasteiger partial charge in [0.15, 0.2) is 16.6 Å². The molecule has 3 aromatic heterocycles. The lowest BCUT2D eigenvalue weighted by atomic mass is 10.2. The SMILES string of the molecule is COc1ccc2nnc(CCCC(=O)Nc3nccs3)n2n1. The van der Waals surface area contributed by atoms with Crippen molar-refractivity contribution in [2.24, 2.45) is 0 Å². The van der Waals surface area contributed by atoms with Crippen molar-refractivity contribution >= 4 is 28.0 Å². The van der Waals surface area contributed by atoms with Gasteiger partial charge in [-0.05, 0) is 12.5 Å². The third-order valence-electron chi connectivity index (χ3n) is 2.99. The first-order valence-corrected chi connectivity index (χ1v) is 7.59. The largest absolute Gasteiger partial charge is 0.480 e. The molecule has 0 aromatic carbocycles. The van der Waals surface area contributed by atoms with Crippen LogP contribution in [0.1, 0.15) is 18.7 Å². The third-order valence-corrected chi connectivity index (χ3v) is 3.68. The van der Waals surface area contributed by atoms with Gasteiger partial charge in [0.1, 0.15) is 0 Å². The Hall–Kier alpha value is -2.55. The smallest absolute Gasteiger partial charge is 0.231 e. The van der Waals surface area contributed by atoms with Crippen molar-refractivity contribution in [3.63, 3.8) is 0 Å². The minimum Gasteiger partial charge on any atom is -0.480 e. The maximum atomic E-state index is 11.8. The molecule has 0 bridgehead atoms. The summed E-state index contributed by atoms with van der Waals surface area (Å²) in [5, 5.41) is 17.6. The molecule has 3 rings (SSSR count). The summed E-state index contributed by atoms with van der Waals surface area (Å²) >= 11 is 1.40. The number of fused-ring (bicyclic) bond motifs is 1. The Bertz CT molecular complexity index is 770. The van der Waals surface area contributed by atoms with Crippen LogP contribution in [0.25, 0.3) is 5.65 Å². The average Bonchev–Trinajstić information content (AvgIpc) is 3.17. The summed E-state index contributed by atoms with van der Waals surface area (Å²) in [6.45, 7) is 0. The van der Waals surface area contributed by atoms with Crippen LogP contribution < -0.4 is 10.1 Å². The summed E-state index contributed by atoms with van der Waals surface area (Å²) in [7, 11) is 1.56. The number of rotatable bonds is 6. The summed E-state index contributed by atoms with van der Waals surface area (Å²) in [5.41, 5.74) is 0.656. The Labute approximate surface area is 130 Å². The monoisotopic (exact) mass is 318 g/mol. The fourth-order valence-corrected chi connectivity index (χ4v) is 2.50. The van der Waals surface area contributed by atoms with Gasteiger partial charge in [0.25, 0.3) is 0 Å². The van der Waals surface area contributed by atoms with Crippen LogP contribution >= 0.6 is 11.3 Å². The van der Waals surface area contributed by atoms with E-state index in [4.69, 9.17) is 4.74 Å². The second-order valence-electron chi connectivity index (χ2n) is 4.50. The van der Waals surface area contributed by atoms with Crippen molar-refractivity contribution < 1.29 is 9.53 Å². The van der Waals surface area contributed by atoms with Crippen molar-refractivity contribution in [2.45, 2.75) is 19.3 Å². The molecule has 0 aliphatic carbocycles. The zero-order valence-corrected chi connectivity index (χ0v) is 12.7. The van der Waals surface area contributed by atoms with Crippen LogP contribution in [0.5, 0.6) is 5.88 Å². The molecule has 0 aliphatic rings. The second kappa shape index (κ2) is 6.48. The van der Waals surface area contributed by atoms with E-state index in [-0.39, 0.29) is 5.91 Å². The second-order valence-corrected chi connectivity index (χ2v) is 5.40. The molecule has 9 heteroatoms. The van der Waals surface area contributed by atoms with Crippen molar-refractivity contribution in [1.82, 2.24) is 24.8 Å². The van der Waals surface area contributed by atoms with Gasteiger partial charge in [-0.25, -0.2) is 4.98 Å². The highest BCUT2D eigenvalue weighted by molar-refractivity contribution is 7.13. The number of carbonyl (C=O) groups excluding carboxylic acids is 1. The maximum Gasteiger partial charge on any atom is 0.231 e. The Balaban J connectivity index is 1.58. The Morgan fingerprint density at radius 1 is 1.41 bits per heavy atom. The van der Waals surface area contributed by atoms with Crippen molar-refractivity contribution in [3.8, 4) is 5.88 Å². The van der Waals surface area contributed by atoms with E-state index in [1.165, 1.54) is 11.3 Å². The lowest BCUT2D eigenvalue weighted by molar-refractivity contribution is -0.116. The molecule has 0 radical (unpaired) electrons. The molecule has 0 fully saturated rings. The molecule has 0 unspecified atom stereocenters. The van der Waals surface area contributed by atoms with Crippen LogP contribution in [-0.4, -0.2) is 37.8 Å². The number of nitrogens with zero attached hydrogens (tertiary/aromatic N) is 5. The van der Waals surface area contributed by atoms with Crippen LogP contribution in [0.4, 0.5) is 5.13 Å². The molecule has 1 amide bonds. The number of nitrogens with one attached hydrogen (secondary N) is 1. The number of hydrogen-bond acceptors (Lipinski definition) is 7. The van der Waals surface area contributed by atoms with Gasteiger partial charge in [-0.3, -0.25) is 4.79 Å². The van der Waals surface area contributed by atoms with Gasteiger partial charge in [0, 0.05) is 30.5 Å². The molecule has 114 valence electrons. The van der Waals surface area contributed by atoms with E-state index < -0.39 is 0 Å². The summed E-state index contributed by atoms with van der Waals surface area (Å²) in [5.74, 6) is 1.14. The molecule has 0 atom stereocenters. The van der Waals surface area contributed by atoms with Gasteiger partial charge in [-0.2, -0.15) is 4.52 Å². The van der Waals surface area contributed by atoms with E-state index in [0.717, 1.165) is 0 Å². The first-order valence-electron chi connectivity index (χ1n) is 6.71. The van der Waals surface area contributed by atoms with Crippen LogP contribution in [0.2, 0.25) is 0 Å². The van der Waals surface area contributed by atoms with Crippen LogP contribution in [0.15, 0.2) is 23.7 Å².